The molecule has 0 radical (unpaired) electrons. The number of piperidine rings is 1. The van der Waals surface area contributed by atoms with E-state index in [9.17, 15) is 4.79 Å². The van der Waals surface area contributed by atoms with Crippen molar-refractivity contribution in [1.29, 1.82) is 0 Å². The molecule has 1 aromatic carbocycles. The zero-order valence-corrected chi connectivity index (χ0v) is 13.5. The lowest BCUT2D eigenvalue weighted by Crippen LogP contribution is -2.50. The predicted molar refractivity (Wildman–Crippen MR) is 85.5 cm³/mol. The standard InChI is InChI=1S/C15H19IN2O2/c16-12-3-1-2-4-13(12)20-11-5-9-18(10-6-11)14(19)15(17)7-8-15/h1-4,11H,5-10,17H2. The number of benzene rings is 1. The van der Waals surface area contributed by atoms with Gasteiger partial charge in [0.15, 0.2) is 0 Å². The minimum absolute atomic E-state index is 0.130. The van der Waals surface area contributed by atoms with Crippen LogP contribution in [0.5, 0.6) is 5.75 Å². The van der Waals surface area contributed by atoms with Gasteiger partial charge >= 0.3 is 0 Å². The van der Waals surface area contributed by atoms with Gasteiger partial charge in [0.2, 0.25) is 5.91 Å². The van der Waals surface area contributed by atoms with Gasteiger partial charge in [0.05, 0.1) is 9.11 Å². The van der Waals surface area contributed by atoms with E-state index in [1.165, 1.54) is 0 Å². The number of nitrogens with two attached hydrogens (primary N) is 1. The van der Waals surface area contributed by atoms with Gasteiger partial charge in [0, 0.05) is 25.9 Å². The van der Waals surface area contributed by atoms with Gasteiger partial charge in [-0.1, -0.05) is 12.1 Å². The van der Waals surface area contributed by atoms with E-state index < -0.39 is 5.54 Å². The van der Waals surface area contributed by atoms with Crippen LogP contribution in [0.2, 0.25) is 0 Å². The topological polar surface area (TPSA) is 55.6 Å². The van der Waals surface area contributed by atoms with Crippen molar-refractivity contribution < 1.29 is 9.53 Å². The quantitative estimate of drug-likeness (QED) is 0.811. The van der Waals surface area contributed by atoms with Crippen molar-refractivity contribution in [2.24, 2.45) is 5.73 Å². The normalized spacial score (nSPS) is 21.6. The minimum atomic E-state index is -0.539. The number of hydrogen-bond donors (Lipinski definition) is 1. The smallest absolute Gasteiger partial charge is 0.242 e. The van der Waals surface area contributed by atoms with Crippen molar-refractivity contribution in [3.63, 3.8) is 0 Å². The molecule has 108 valence electrons. The predicted octanol–water partition coefficient (Wildman–Crippen LogP) is 2.15. The highest BCUT2D eigenvalue weighted by molar-refractivity contribution is 14.1. The number of amides is 1. The molecular weight excluding hydrogens is 367 g/mol. The van der Waals surface area contributed by atoms with Gasteiger partial charge in [-0.3, -0.25) is 4.79 Å². The second-order valence-corrected chi connectivity index (χ2v) is 6.86. The van der Waals surface area contributed by atoms with E-state index in [-0.39, 0.29) is 12.0 Å². The second-order valence-electron chi connectivity index (χ2n) is 5.70. The van der Waals surface area contributed by atoms with Gasteiger partial charge < -0.3 is 15.4 Å². The Morgan fingerprint density at radius 1 is 1.30 bits per heavy atom. The number of nitrogens with zero attached hydrogens (tertiary/aromatic N) is 1. The van der Waals surface area contributed by atoms with Crippen molar-refractivity contribution in [1.82, 2.24) is 4.90 Å². The fraction of sp³-hybridized carbons (Fsp3) is 0.533. The number of carbonyl (C=O) groups excluding carboxylic acids is 1. The number of carbonyl (C=O) groups is 1. The Hall–Kier alpha value is -0.820. The van der Waals surface area contributed by atoms with E-state index >= 15 is 0 Å². The third-order valence-electron chi connectivity index (χ3n) is 4.07. The number of rotatable bonds is 3. The first kappa shape index (κ1) is 14.1. The summed E-state index contributed by atoms with van der Waals surface area (Å²) in [6.07, 6.45) is 3.64. The summed E-state index contributed by atoms with van der Waals surface area (Å²) in [6.45, 7) is 1.51. The summed E-state index contributed by atoms with van der Waals surface area (Å²) in [5, 5.41) is 0. The van der Waals surface area contributed by atoms with Crippen LogP contribution in [0, 0.1) is 3.57 Å². The maximum absolute atomic E-state index is 12.2. The van der Waals surface area contributed by atoms with E-state index in [2.05, 4.69) is 22.6 Å². The largest absolute Gasteiger partial charge is 0.489 e. The SMILES string of the molecule is NC1(C(=O)N2CCC(Oc3ccccc3I)CC2)CC1. The molecule has 1 aliphatic heterocycles. The van der Waals surface area contributed by atoms with Crippen molar-refractivity contribution in [3.05, 3.63) is 27.8 Å². The average Bonchev–Trinajstić information content (AvgIpc) is 3.21. The molecule has 4 nitrogen and oxygen atoms in total. The Bertz CT molecular complexity index is 508. The lowest BCUT2D eigenvalue weighted by atomic mass is 10.1. The Morgan fingerprint density at radius 2 is 1.95 bits per heavy atom. The summed E-state index contributed by atoms with van der Waals surface area (Å²) < 4.78 is 7.17. The number of ether oxygens (including phenoxy) is 1. The molecule has 1 amide bonds. The summed E-state index contributed by atoms with van der Waals surface area (Å²) in [5.74, 6) is 1.07. The Labute approximate surface area is 132 Å². The Kier molecular flexibility index (Phi) is 3.90. The number of hydrogen-bond acceptors (Lipinski definition) is 3. The highest BCUT2D eigenvalue weighted by Gasteiger charge is 2.48. The van der Waals surface area contributed by atoms with Crippen molar-refractivity contribution in [2.45, 2.75) is 37.3 Å². The van der Waals surface area contributed by atoms with Crippen LogP contribution < -0.4 is 10.5 Å². The monoisotopic (exact) mass is 386 g/mol. The lowest BCUT2D eigenvalue weighted by Gasteiger charge is -2.33. The molecule has 0 bridgehead atoms. The fourth-order valence-electron chi connectivity index (χ4n) is 2.56. The van der Waals surface area contributed by atoms with Crippen LogP contribution >= 0.6 is 22.6 Å². The van der Waals surface area contributed by atoms with E-state index in [4.69, 9.17) is 10.5 Å². The highest BCUT2D eigenvalue weighted by atomic mass is 127. The molecule has 2 fully saturated rings. The van der Waals surface area contributed by atoms with Crippen molar-refractivity contribution in [2.75, 3.05) is 13.1 Å². The Balaban J connectivity index is 1.54. The maximum atomic E-state index is 12.2. The molecule has 0 atom stereocenters. The molecular formula is C15H19IN2O2. The number of likely N-dealkylation sites (tertiary alicyclic amines) is 1. The first-order chi connectivity index (χ1) is 9.58. The molecule has 1 saturated heterocycles. The van der Waals surface area contributed by atoms with Crippen molar-refractivity contribution in [3.8, 4) is 5.75 Å². The second kappa shape index (κ2) is 5.52. The first-order valence-electron chi connectivity index (χ1n) is 7.08. The molecule has 0 unspecified atom stereocenters. The van der Waals surface area contributed by atoms with Crippen LogP contribution in [0.1, 0.15) is 25.7 Å². The fourth-order valence-corrected chi connectivity index (χ4v) is 3.07. The average molecular weight is 386 g/mol. The van der Waals surface area contributed by atoms with Crippen LogP contribution in [-0.2, 0) is 4.79 Å². The van der Waals surface area contributed by atoms with Crippen molar-refractivity contribution >= 4 is 28.5 Å². The summed E-state index contributed by atoms with van der Waals surface area (Å²) in [7, 11) is 0. The molecule has 2 aliphatic rings. The van der Waals surface area contributed by atoms with Gasteiger partial charge in [-0.25, -0.2) is 0 Å². The summed E-state index contributed by atoms with van der Waals surface area (Å²) in [6, 6.07) is 8.03. The van der Waals surface area contributed by atoms with Gasteiger partial charge in [0.1, 0.15) is 11.9 Å². The third kappa shape index (κ3) is 2.93. The van der Waals surface area contributed by atoms with E-state index in [1.54, 1.807) is 0 Å². The number of para-hydroxylation sites is 1. The molecule has 1 heterocycles. The van der Waals surface area contributed by atoms with E-state index in [0.29, 0.717) is 0 Å². The van der Waals surface area contributed by atoms with E-state index in [1.807, 2.05) is 29.2 Å². The highest BCUT2D eigenvalue weighted by Crippen LogP contribution is 2.35. The molecule has 0 aromatic heterocycles. The van der Waals surface area contributed by atoms with Gasteiger partial charge in [-0.2, -0.15) is 0 Å². The van der Waals surface area contributed by atoms with Crippen LogP contribution in [0.25, 0.3) is 0 Å². The van der Waals surface area contributed by atoms with Crippen LogP contribution in [-0.4, -0.2) is 35.5 Å². The van der Waals surface area contributed by atoms with Gasteiger partial charge in [0.25, 0.3) is 0 Å². The first-order valence-corrected chi connectivity index (χ1v) is 8.16. The van der Waals surface area contributed by atoms with Gasteiger partial charge in [-0.15, -0.1) is 0 Å². The van der Waals surface area contributed by atoms with Crippen LogP contribution in [0.15, 0.2) is 24.3 Å². The zero-order valence-electron chi connectivity index (χ0n) is 11.3. The molecule has 2 N–H and O–H groups in total. The molecule has 1 aromatic rings. The maximum Gasteiger partial charge on any atom is 0.242 e. The number of halogens is 1. The van der Waals surface area contributed by atoms with Gasteiger partial charge in [-0.05, 0) is 47.6 Å². The summed E-state index contributed by atoms with van der Waals surface area (Å²) in [5.41, 5.74) is 5.44. The minimum Gasteiger partial charge on any atom is -0.489 e. The lowest BCUT2D eigenvalue weighted by molar-refractivity contribution is -0.135. The van der Waals surface area contributed by atoms with E-state index in [0.717, 1.165) is 48.1 Å². The third-order valence-corrected chi connectivity index (χ3v) is 4.97. The molecule has 0 spiro atoms. The molecule has 20 heavy (non-hydrogen) atoms. The van der Waals surface area contributed by atoms with Crippen LogP contribution in [0.4, 0.5) is 0 Å². The van der Waals surface area contributed by atoms with Crippen LogP contribution in [0.3, 0.4) is 0 Å². The molecule has 1 saturated carbocycles. The Morgan fingerprint density at radius 3 is 2.55 bits per heavy atom. The molecule has 1 aliphatic carbocycles. The molecule has 3 rings (SSSR count). The molecule has 5 heteroatoms. The zero-order chi connectivity index (χ0) is 14.2. The summed E-state index contributed by atoms with van der Waals surface area (Å²) in [4.78, 5) is 14.1. The summed E-state index contributed by atoms with van der Waals surface area (Å²) >= 11 is 2.28.